The lowest BCUT2D eigenvalue weighted by molar-refractivity contribution is 0.592. The zero-order valence-corrected chi connectivity index (χ0v) is 18.4. The van der Waals surface area contributed by atoms with Gasteiger partial charge in [-0.2, -0.15) is 4.52 Å². The molecule has 0 radical (unpaired) electrons. The van der Waals surface area contributed by atoms with Gasteiger partial charge in [0.25, 0.3) is 0 Å². The number of fused-ring (bicyclic) bond motifs is 3. The van der Waals surface area contributed by atoms with Gasteiger partial charge < -0.3 is 4.90 Å². The third kappa shape index (κ3) is 3.21. The second-order valence-electron chi connectivity index (χ2n) is 7.48. The Morgan fingerprint density at radius 1 is 1.00 bits per heavy atom. The fraction of sp³-hybridized carbons (Fsp3) is 0.318. The molecule has 0 unspecified atom stereocenters. The number of sulfone groups is 1. The first-order valence-electron chi connectivity index (χ1n) is 10.1. The molecular weight excluding hydrogens is 398 g/mol. The van der Waals surface area contributed by atoms with Crippen LogP contribution in [0.15, 0.2) is 58.5 Å². The quantitative estimate of drug-likeness (QED) is 0.465. The third-order valence-corrected chi connectivity index (χ3v) is 7.04. The van der Waals surface area contributed by atoms with Gasteiger partial charge in [-0.05, 0) is 49.6 Å². The molecule has 0 amide bonds. The molecule has 0 aliphatic heterocycles. The van der Waals surface area contributed by atoms with E-state index in [1.807, 2.05) is 50.2 Å². The van der Waals surface area contributed by atoms with Gasteiger partial charge in [0, 0.05) is 18.5 Å². The zero-order chi connectivity index (χ0) is 21.5. The van der Waals surface area contributed by atoms with E-state index >= 15 is 0 Å². The first kappa shape index (κ1) is 20.3. The highest BCUT2D eigenvalue weighted by Gasteiger charge is 2.27. The summed E-state index contributed by atoms with van der Waals surface area (Å²) >= 11 is 0. The number of anilines is 1. The van der Waals surface area contributed by atoms with E-state index in [9.17, 15) is 8.42 Å². The van der Waals surface area contributed by atoms with Gasteiger partial charge in [0.1, 0.15) is 5.82 Å². The molecular formula is C22H25N5O2S. The average molecular weight is 424 g/mol. The topological polar surface area (TPSA) is 80.5 Å². The number of benzene rings is 2. The number of hydrogen-bond donors (Lipinski definition) is 0. The maximum absolute atomic E-state index is 13.4. The van der Waals surface area contributed by atoms with Crippen LogP contribution in [0.4, 0.5) is 5.82 Å². The van der Waals surface area contributed by atoms with Crippen LogP contribution in [0.1, 0.15) is 39.2 Å². The molecule has 0 N–H and O–H groups in total. The molecule has 7 nitrogen and oxygen atoms in total. The fourth-order valence-corrected chi connectivity index (χ4v) is 4.84. The van der Waals surface area contributed by atoms with Crippen LogP contribution in [-0.2, 0) is 9.84 Å². The van der Waals surface area contributed by atoms with Gasteiger partial charge in [0.05, 0.1) is 10.4 Å². The van der Waals surface area contributed by atoms with Gasteiger partial charge in [-0.3, -0.25) is 0 Å². The first-order valence-corrected chi connectivity index (χ1v) is 11.6. The Morgan fingerprint density at radius 2 is 1.67 bits per heavy atom. The Kier molecular flexibility index (Phi) is 5.19. The monoisotopic (exact) mass is 423 g/mol. The summed E-state index contributed by atoms with van der Waals surface area (Å²) in [6, 6.07) is 14.6. The van der Waals surface area contributed by atoms with E-state index in [0.29, 0.717) is 5.92 Å². The largest absolute Gasteiger partial charge is 0.357 e. The molecule has 0 fully saturated rings. The predicted octanol–water partition coefficient (Wildman–Crippen LogP) is 4.08. The fourth-order valence-electron chi connectivity index (χ4n) is 3.61. The molecule has 8 heteroatoms. The summed E-state index contributed by atoms with van der Waals surface area (Å²) in [5.74, 6) is 1.05. The number of nitrogens with zero attached hydrogens (tertiary/aromatic N) is 5. The Labute approximate surface area is 176 Å². The molecule has 2 aromatic carbocycles. The van der Waals surface area contributed by atoms with Crippen LogP contribution in [-0.4, -0.2) is 41.3 Å². The molecule has 4 aromatic rings. The Balaban J connectivity index is 1.96. The van der Waals surface area contributed by atoms with Crippen LogP contribution in [0.5, 0.6) is 0 Å². The van der Waals surface area contributed by atoms with Crippen molar-refractivity contribution in [3.63, 3.8) is 0 Å². The van der Waals surface area contributed by atoms with Crippen LogP contribution in [0.3, 0.4) is 0 Å². The van der Waals surface area contributed by atoms with Crippen LogP contribution < -0.4 is 4.90 Å². The third-order valence-electron chi connectivity index (χ3n) is 5.38. The summed E-state index contributed by atoms with van der Waals surface area (Å²) < 4.78 is 28.3. The SMILES string of the molecule is CCN(CC)c1nc2c(S(=O)(=O)c3ccc(C(C)C)cc3)nnn2c2ccccc12. The molecule has 156 valence electrons. The van der Waals surface area contributed by atoms with Crippen molar-refractivity contribution in [2.45, 2.75) is 43.5 Å². The van der Waals surface area contributed by atoms with Gasteiger partial charge in [0.15, 0.2) is 5.65 Å². The molecule has 30 heavy (non-hydrogen) atoms. The molecule has 0 spiro atoms. The van der Waals surface area contributed by atoms with Crippen molar-refractivity contribution in [3.8, 4) is 0 Å². The summed E-state index contributed by atoms with van der Waals surface area (Å²) in [7, 11) is -3.86. The van der Waals surface area contributed by atoms with Crippen molar-refractivity contribution in [2.24, 2.45) is 0 Å². The predicted molar refractivity (Wildman–Crippen MR) is 118 cm³/mol. The summed E-state index contributed by atoms with van der Waals surface area (Å²) in [5, 5.41) is 8.97. The number of para-hydroxylation sites is 1. The van der Waals surface area contributed by atoms with Crippen LogP contribution in [0.25, 0.3) is 16.6 Å². The highest BCUT2D eigenvalue weighted by Crippen LogP contribution is 2.30. The normalized spacial score (nSPS) is 12.2. The molecule has 0 aliphatic carbocycles. The minimum Gasteiger partial charge on any atom is -0.357 e. The van der Waals surface area contributed by atoms with Gasteiger partial charge in [-0.25, -0.2) is 13.4 Å². The molecule has 0 saturated heterocycles. The average Bonchev–Trinajstić information content (AvgIpc) is 3.20. The van der Waals surface area contributed by atoms with Crippen molar-refractivity contribution >= 4 is 32.2 Å². The van der Waals surface area contributed by atoms with Crippen molar-refractivity contribution < 1.29 is 8.42 Å². The minimum absolute atomic E-state index is 0.126. The Bertz CT molecular complexity index is 1310. The van der Waals surface area contributed by atoms with E-state index in [-0.39, 0.29) is 15.6 Å². The Hall–Kier alpha value is -3.00. The van der Waals surface area contributed by atoms with Crippen molar-refractivity contribution in [3.05, 3.63) is 54.1 Å². The van der Waals surface area contributed by atoms with Crippen molar-refractivity contribution in [2.75, 3.05) is 18.0 Å². The van der Waals surface area contributed by atoms with Crippen molar-refractivity contribution in [1.82, 2.24) is 19.8 Å². The van der Waals surface area contributed by atoms with E-state index in [0.717, 1.165) is 35.4 Å². The zero-order valence-electron chi connectivity index (χ0n) is 17.6. The lowest BCUT2D eigenvalue weighted by Crippen LogP contribution is -2.23. The second-order valence-corrected chi connectivity index (χ2v) is 9.35. The molecule has 0 saturated carbocycles. The minimum atomic E-state index is -3.86. The van der Waals surface area contributed by atoms with Crippen LogP contribution >= 0.6 is 0 Å². The summed E-state index contributed by atoms with van der Waals surface area (Å²) in [5.41, 5.74) is 2.09. The molecule has 4 rings (SSSR count). The summed E-state index contributed by atoms with van der Waals surface area (Å²) in [4.78, 5) is 7.02. The second kappa shape index (κ2) is 7.68. The molecule has 2 aromatic heterocycles. The van der Waals surface area contributed by atoms with Gasteiger partial charge in [-0.1, -0.05) is 43.3 Å². The molecule has 0 atom stereocenters. The smallest absolute Gasteiger partial charge is 0.229 e. The van der Waals surface area contributed by atoms with E-state index in [1.54, 1.807) is 12.1 Å². The van der Waals surface area contributed by atoms with Crippen LogP contribution in [0, 0.1) is 0 Å². The molecule has 2 heterocycles. The van der Waals surface area contributed by atoms with Crippen molar-refractivity contribution in [1.29, 1.82) is 0 Å². The number of rotatable bonds is 6. The van der Waals surface area contributed by atoms with Gasteiger partial charge >= 0.3 is 0 Å². The molecule has 0 aliphatic rings. The van der Waals surface area contributed by atoms with Gasteiger partial charge in [-0.15, -0.1) is 5.10 Å². The first-order chi connectivity index (χ1) is 14.4. The summed E-state index contributed by atoms with van der Waals surface area (Å²) in [6.07, 6.45) is 0. The van der Waals surface area contributed by atoms with Gasteiger partial charge in [0.2, 0.25) is 14.9 Å². The number of hydrogen-bond acceptors (Lipinski definition) is 6. The van der Waals surface area contributed by atoms with E-state index in [4.69, 9.17) is 4.98 Å². The highest BCUT2D eigenvalue weighted by atomic mass is 32.2. The lowest BCUT2D eigenvalue weighted by Gasteiger charge is -2.21. The highest BCUT2D eigenvalue weighted by molar-refractivity contribution is 7.91. The number of aromatic nitrogens is 4. The van der Waals surface area contributed by atoms with Crippen LogP contribution in [0.2, 0.25) is 0 Å². The lowest BCUT2D eigenvalue weighted by atomic mass is 10.0. The standard InChI is InChI=1S/C22H25N5O2S/c1-5-26(6-2)20-18-9-7-8-10-19(18)27-21(23-20)22(24-25-27)30(28,29)17-13-11-16(12-14-17)15(3)4/h7-15H,5-6H2,1-4H3. The summed E-state index contributed by atoms with van der Waals surface area (Å²) in [6.45, 7) is 9.74. The van der Waals surface area contributed by atoms with E-state index in [2.05, 4.69) is 29.1 Å². The van der Waals surface area contributed by atoms with E-state index in [1.165, 1.54) is 4.52 Å². The maximum atomic E-state index is 13.4. The van der Waals surface area contributed by atoms with E-state index < -0.39 is 9.84 Å². The Morgan fingerprint density at radius 3 is 2.30 bits per heavy atom. The molecule has 0 bridgehead atoms. The maximum Gasteiger partial charge on any atom is 0.229 e.